The van der Waals surface area contributed by atoms with Crippen molar-refractivity contribution in [1.82, 2.24) is 10.2 Å². The van der Waals surface area contributed by atoms with Gasteiger partial charge in [-0.2, -0.15) is 0 Å². The normalized spacial score (nSPS) is 22.7. The van der Waals surface area contributed by atoms with E-state index in [1.54, 1.807) is 0 Å². The van der Waals surface area contributed by atoms with Crippen molar-refractivity contribution < 1.29 is 4.74 Å². The van der Waals surface area contributed by atoms with E-state index in [2.05, 4.69) is 43.2 Å². The molecule has 1 saturated heterocycles. The van der Waals surface area contributed by atoms with Crippen molar-refractivity contribution in [2.45, 2.75) is 19.9 Å². The molecule has 0 aromatic carbocycles. The maximum Gasteiger partial charge on any atom is 0.156 e. The molecule has 5 heteroatoms. The van der Waals surface area contributed by atoms with E-state index >= 15 is 0 Å². The largest absolute Gasteiger partial charge is 0.378 e. The lowest BCUT2D eigenvalue weighted by Gasteiger charge is -2.13. The molecule has 1 heterocycles. The van der Waals surface area contributed by atoms with Gasteiger partial charge in [0, 0.05) is 18.3 Å². The van der Waals surface area contributed by atoms with Crippen LogP contribution in [0, 0.1) is 5.92 Å². The zero-order chi connectivity index (χ0) is 12.7. The number of thioether (sulfide) groups is 1. The summed E-state index contributed by atoms with van der Waals surface area (Å²) in [6, 6.07) is 0.577. The highest BCUT2D eigenvalue weighted by Crippen LogP contribution is 2.18. The molecule has 0 spiro atoms. The van der Waals surface area contributed by atoms with E-state index in [-0.39, 0.29) is 0 Å². The predicted octanol–water partition coefficient (Wildman–Crippen LogP) is 1.28. The Morgan fingerprint density at radius 1 is 1.47 bits per heavy atom. The second-order valence-electron chi connectivity index (χ2n) is 4.91. The Morgan fingerprint density at radius 2 is 2.24 bits per heavy atom. The van der Waals surface area contributed by atoms with E-state index in [0.29, 0.717) is 18.6 Å². The second-order valence-corrected chi connectivity index (χ2v) is 5.92. The van der Waals surface area contributed by atoms with Crippen LogP contribution in [0.1, 0.15) is 13.8 Å². The number of hydrogen-bond acceptors (Lipinski definition) is 4. The average Bonchev–Trinajstić information content (AvgIpc) is 2.71. The number of likely N-dealkylation sites (N-methyl/N-ethyl adjacent to an activating group) is 1. The van der Waals surface area contributed by atoms with Crippen LogP contribution < -0.4 is 5.32 Å². The van der Waals surface area contributed by atoms with Gasteiger partial charge in [-0.1, -0.05) is 25.6 Å². The number of aliphatic imine (C=N–C) groups is 1. The van der Waals surface area contributed by atoms with Gasteiger partial charge in [-0.15, -0.1) is 0 Å². The zero-order valence-corrected chi connectivity index (χ0v) is 12.2. The van der Waals surface area contributed by atoms with Crippen molar-refractivity contribution in [3.05, 3.63) is 0 Å². The van der Waals surface area contributed by atoms with Crippen LogP contribution in [-0.2, 0) is 4.74 Å². The monoisotopic (exact) mass is 259 g/mol. The molecule has 1 aliphatic heterocycles. The quantitative estimate of drug-likeness (QED) is 0.699. The first-order valence-corrected chi connectivity index (χ1v) is 7.24. The molecule has 1 aliphatic rings. The van der Waals surface area contributed by atoms with Gasteiger partial charge in [-0.3, -0.25) is 4.99 Å². The molecular formula is C12H25N3OS. The molecule has 0 bridgehead atoms. The number of nitrogens with zero attached hydrogens (tertiary/aromatic N) is 2. The Morgan fingerprint density at radius 3 is 2.82 bits per heavy atom. The Kier molecular flexibility index (Phi) is 6.92. The molecule has 1 unspecified atom stereocenters. The molecule has 1 rings (SSSR count). The highest BCUT2D eigenvalue weighted by Gasteiger charge is 2.22. The van der Waals surface area contributed by atoms with E-state index < -0.39 is 0 Å². The van der Waals surface area contributed by atoms with Crippen LogP contribution in [0.25, 0.3) is 0 Å². The summed E-state index contributed by atoms with van der Waals surface area (Å²) in [4.78, 5) is 6.62. The van der Waals surface area contributed by atoms with Crippen molar-refractivity contribution in [2.24, 2.45) is 10.9 Å². The van der Waals surface area contributed by atoms with Crippen LogP contribution >= 0.6 is 11.8 Å². The summed E-state index contributed by atoms with van der Waals surface area (Å²) < 4.78 is 5.49. The smallest absolute Gasteiger partial charge is 0.156 e. The molecule has 0 radical (unpaired) electrons. The molecule has 17 heavy (non-hydrogen) atoms. The second kappa shape index (κ2) is 7.95. The number of hydrogen-bond donors (Lipinski definition) is 1. The zero-order valence-electron chi connectivity index (χ0n) is 11.4. The van der Waals surface area contributed by atoms with Crippen LogP contribution in [0.2, 0.25) is 0 Å². The standard InChI is InChI=1S/C12H25N3OS/c1-10(2)11-9-17-12(14-11)13-5-7-16-8-6-15(3)4/h10-11H,5-9H2,1-4H3,(H,13,14). The molecule has 100 valence electrons. The van der Waals surface area contributed by atoms with E-state index in [4.69, 9.17) is 4.74 Å². The van der Waals surface area contributed by atoms with Crippen molar-refractivity contribution >= 4 is 16.9 Å². The lowest BCUT2D eigenvalue weighted by Crippen LogP contribution is -2.31. The minimum absolute atomic E-state index is 0.577. The summed E-state index contributed by atoms with van der Waals surface area (Å²) in [5.74, 6) is 1.81. The Bertz CT molecular complexity index is 244. The fraction of sp³-hybridized carbons (Fsp3) is 0.917. The van der Waals surface area contributed by atoms with Crippen LogP contribution in [0.15, 0.2) is 4.99 Å². The summed E-state index contributed by atoms with van der Waals surface area (Å²) in [6.07, 6.45) is 0. The van der Waals surface area contributed by atoms with Gasteiger partial charge >= 0.3 is 0 Å². The summed E-state index contributed by atoms with van der Waals surface area (Å²) in [5.41, 5.74) is 0. The first kappa shape index (κ1) is 14.8. The minimum atomic E-state index is 0.577. The predicted molar refractivity (Wildman–Crippen MR) is 75.9 cm³/mol. The van der Waals surface area contributed by atoms with Gasteiger partial charge < -0.3 is 15.0 Å². The molecule has 1 N–H and O–H groups in total. The first-order valence-electron chi connectivity index (χ1n) is 6.26. The first-order chi connectivity index (χ1) is 8.09. The van der Waals surface area contributed by atoms with E-state index in [1.807, 2.05) is 11.8 Å². The molecule has 4 nitrogen and oxygen atoms in total. The third kappa shape index (κ3) is 6.29. The summed E-state index contributed by atoms with van der Waals surface area (Å²) in [6.45, 7) is 7.71. The van der Waals surface area contributed by atoms with Gasteiger partial charge in [0.1, 0.15) is 0 Å². The van der Waals surface area contributed by atoms with Crippen LogP contribution in [0.5, 0.6) is 0 Å². The van der Waals surface area contributed by atoms with Crippen molar-refractivity contribution in [3.8, 4) is 0 Å². The lowest BCUT2D eigenvalue weighted by atomic mass is 10.1. The number of nitrogens with one attached hydrogen (secondary N) is 1. The lowest BCUT2D eigenvalue weighted by molar-refractivity contribution is 0.124. The summed E-state index contributed by atoms with van der Waals surface area (Å²) in [5, 5.41) is 4.53. The van der Waals surface area contributed by atoms with Gasteiger partial charge in [0.25, 0.3) is 0 Å². The fourth-order valence-corrected chi connectivity index (χ4v) is 2.64. The molecule has 0 aromatic rings. The average molecular weight is 259 g/mol. The third-order valence-corrected chi connectivity index (χ3v) is 3.73. The molecule has 0 aliphatic carbocycles. The summed E-state index contributed by atoms with van der Waals surface area (Å²) in [7, 11) is 4.10. The Balaban J connectivity index is 2.06. The number of ether oxygens (including phenoxy) is 1. The molecular weight excluding hydrogens is 234 g/mol. The molecule has 1 atom stereocenters. The Hall–Kier alpha value is -0.260. The fourth-order valence-electron chi connectivity index (χ4n) is 1.42. The third-order valence-electron chi connectivity index (χ3n) is 2.69. The molecule has 0 amide bonds. The van der Waals surface area contributed by atoms with Gasteiger partial charge in [0.05, 0.1) is 19.8 Å². The molecule has 1 fully saturated rings. The highest BCUT2D eigenvalue weighted by molar-refractivity contribution is 8.14. The van der Waals surface area contributed by atoms with Crippen molar-refractivity contribution in [3.63, 3.8) is 0 Å². The van der Waals surface area contributed by atoms with Gasteiger partial charge in [0.2, 0.25) is 0 Å². The van der Waals surface area contributed by atoms with Gasteiger partial charge in [-0.25, -0.2) is 0 Å². The van der Waals surface area contributed by atoms with Crippen LogP contribution in [0.3, 0.4) is 0 Å². The number of rotatable bonds is 7. The Labute approximate surface area is 109 Å². The summed E-state index contributed by atoms with van der Waals surface area (Å²) >= 11 is 1.82. The maximum atomic E-state index is 5.49. The number of amidine groups is 1. The van der Waals surface area contributed by atoms with Crippen LogP contribution in [-0.4, -0.2) is 62.3 Å². The van der Waals surface area contributed by atoms with E-state index in [1.165, 1.54) is 0 Å². The topological polar surface area (TPSA) is 36.9 Å². The minimum Gasteiger partial charge on any atom is -0.378 e. The molecule has 0 aromatic heterocycles. The van der Waals surface area contributed by atoms with Crippen LogP contribution in [0.4, 0.5) is 0 Å². The maximum absolute atomic E-state index is 5.49. The van der Waals surface area contributed by atoms with Crippen molar-refractivity contribution in [2.75, 3.05) is 46.2 Å². The van der Waals surface area contributed by atoms with Crippen molar-refractivity contribution in [1.29, 1.82) is 0 Å². The highest BCUT2D eigenvalue weighted by atomic mass is 32.2. The van der Waals surface area contributed by atoms with E-state index in [9.17, 15) is 0 Å². The van der Waals surface area contributed by atoms with Gasteiger partial charge in [0.15, 0.2) is 5.17 Å². The SMILES string of the molecule is CC(C)C1CSC(=NCCOCCN(C)C)N1. The molecule has 0 saturated carbocycles. The van der Waals surface area contributed by atoms with Gasteiger partial charge in [-0.05, 0) is 20.0 Å². The van der Waals surface area contributed by atoms with E-state index in [0.717, 1.165) is 30.6 Å².